The number of benzene rings is 1. The predicted molar refractivity (Wildman–Crippen MR) is 114 cm³/mol. The molecule has 2 aromatic heterocycles. The van der Waals surface area contributed by atoms with Gasteiger partial charge in [0.2, 0.25) is 5.91 Å². The number of nitrogens with one attached hydrogen (secondary N) is 1. The van der Waals surface area contributed by atoms with Gasteiger partial charge in [0.15, 0.2) is 5.65 Å². The number of hydrogen-bond acceptors (Lipinski definition) is 4. The Hall–Kier alpha value is -3.55. The molecule has 0 spiro atoms. The van der Waals surface area contributed by atoms with Crippen LogP contribution in [0.5, 0.6) is 5.75 Å². The lowest BCUT2D eigenvalue weighted by molar-refractivity contribution is -0.127. The number of aromatic nitrogens is 3. The molecule has 1 aromatic carbocycles. The van der Waals surface area contributed by atoms with Gasteiger partial charge in [0, 0.05) is 24.6 Å². The molecule has 1 fully saturated rings. The molecule has 0 radical (unpaired) electrons. The van der Waals surface area contributed by atoms with Crippen molar-refractivity contribution >= 4 is 17.5 Å². The van der Waals surface area contributed by atoms with Crippen molar-refractivity contribution in [3.63, 3.8) is 0 Å². The summed E-state index contributed by atoms with van der Waals surface area (Å²) in [6, 6.07) is 5.75. The highest BCUT2D eigenvalue weighted by Gasteiger charge is 2.28. The molecular weight excluding hydrogens is 382 g/mol. The summed E-state index contributed by atoms with van der Waals surface area (Å²) < 4.78 is 7.27. The molecule has 1 aliphatic rings. The Balaban J connectivity index is 1.74. The van der Waals surface area contributed by atoms with E-state index in [-0.39, 0.29) is 11.8 Å². The SMILES string of the molecule is C=CC(=O)N1CCC(c2cnc3c(C(N)=O)c(-c4ccc(C)c(OC)c4)[nH]n23)CC1. The Morgan fingerprint density at radius 3 is 2.70 bits per heavy atom. The molecule has 8 heteroatoms. The highest BCUT2D eigenvalue weighted by molar-refractivity contribution is 6.04. The molecule has 0 bridgehead atoms. The molecule has 0 unspecified atom stereocenters. The first-order valence-corrected chi connectivity index (χ1v) is 9.90. The number of H-pyrrole nitrogens is 1. The van der Waals surface area contributed by atoms with Gasteiger partial charge < -0.3 is 15.4 Å². The van der Waals surface area contributed by atoms with Crippen molar-refractivity contribution in [1.82, 2.24) is 19.5 Å². The second kappa shape index (κ2) is 7.70. The number of nitrogens with zero attached hydrogens (tertiary/aromatic N) is 3. The Morgan fingerprint density at radius 2 is 2.07 bits per heavy atom. The van der Waals surface area contributed by atoms with Crippen LogP contribution in [0.4, 0.5) is 0 Å². The number of aryl methyl sites for hydroxylation is 1. The van der Waals surface area contributed by atoms with E-state index in [1.54, 1.807) is 18.2 Å². The Morgan fingerprint density at radius 1 is 1.33 bits per heavy atom. The van der Waals surface area contributed by atoms with Crippen LogP contribution in [0.3, 0.4) is 0 Å². The van der Waals surface area contributed by atoms with Gasteiger partial charge in [-0.05, 0) is 37.5 Å². The lowest BCUT2D eigenvalue weighted by Gasteiger charge is -2.30. The largest absolute Gasteiger partial charge is 0.496 e. The van der Waals surface area contributed by atoms with Crippen LogP contribution in [-0.4, -0.2) is 51.5 Å². The lowest BCUT2D eigenvalue weighted by atomic mass is 9.94. The van der Waals surface area contributed by atoms with E-state index in [9.17, 15) is 9.59 Å². The van der Waals surface area contributed by atoms with Crippen LogP contribution < -0.4 is 10.5 Å². The first-order valence-electron chi connectivity index (χ1n) is 9.90. The van der Waals surface area contributed by atoms with Gasteiger partial charge in [-0.25, -0.2) is 9.50 Å². The van der Waals surface area contributed by atoms with Gasteiger partial charge in [-0.3, -0.25) is 14.7 Å². The molecule has 156 valence electrons. The van der Waals surface area contributed by atoms with E-state index in [1.807, 2.05) is 29.6 Å². The summed E-state index contributed by atoms with van der Waals surface area (Å²) >= 11 is 0. The normalized spacial score (nSPS) is 14.8. The lowest BCUT2D eigenvalue weighted by Crippen LogP contribution is -2.37. The van der Waals surface area contributed by atoms with Crippen molar-refractivity contribution in [2.75, 3.05) is 20.2 Å². The van der Waals surface area contributed by atoms with Crippen molar-refractivity contribution in [2.45, 2.75) is 25.7 Å². The van der Waals surface area contributed by atoms with E-state index in [0.29, 0.717) is 30.0 Å². The summed E-state index contributed by atoms with van der Waals surface area (Å²) in [5.74, 6) is 0.362. The van der Waals surface area contributed by atoms with Gasteiger partial charge in [-0.1, -0.05) is 18.7 Å². The number of piperidine rings is 1. The predicted octanol–water partition coefficient (Wildman–Crippen LogP) is 2.64. The van der Waals surface area contributed by atoms with E-state index in [0.717, 1.165) is 35.4 Å². The standard InChI is InChI=1S/C22H25N5O3/c1-4-18(28)26-9-7-14(8-10-26)16-12-24-22-19(21(23)29)20(25-27(16)22)15-6-5-13(2)17(11-15)30-3/h4-6,11-12,14,25H,1,7-10H2,2-3H3,(H2,23,29). The number of hydrogen-bond donors (Lipinski definition) is 2. The molecule has 1 aliphatic heterocycles. The monoisotopic (exact) mass is 407 g/mol. The van der Waals surface area contributed by atoms with E-state index >= 15 is 0 Å². The minimum Gasteiger partial charge on any atom is -0.496 e. The van der Waals surface area contributed by atoms with Crippen LogP contribution in [0.2, 0.25) is 0 Å². The first-order chi connectivity index (χ1) is 14.4. The van der Waals surface area contributed by atoms with Gasteiger partial charge in [0.05, 0.1) is 24.7 Å². The maximum atomic E-state index is 12.3. The summed E-state index contributed by atoms with van der Waals surface area (Å²) in [5, 5.41) is 3.32. The van der Waals surface area contributed by atoms with Gasteiger partial charge in [-0.2, -0.15) is 0 Å². The van der Waals surface area contributed by atoms with Crippen molar-refractivity contribution in [2.24, 2.45) is 5.73 Å². The third-order valence-corrected chi connectivity index (χ3v) is 5.83. The van der Waals surface area contributed by atoms with E-state index in [1.165, 1.54) is 6.08 Å². The van der Waals surface area contributed by atoms with Crippen molar-refractivity contribution in [1.29, 1.82) is 0 Å². The van der Waals surface area contributed by atoms with Gasteiger partial charge >= 0.3 is 0 Å². The number of nitrogens with two attached hydrogens (primary N) is 1. The molecule has 2 amide bonds. The van der Waals surface area contributed by atoms with Gasteiger partial charge in [0.1, 0.15) is 11.3 Å². The second-order valence-electron chi connectivity index (χ2n) is 7.56. The third-order valence-electron chi connectivity index (χ3n) is 5.83. The number of ether oxygens (including phenoxy) is 1. The number of amides is 2. The number of aromatic amines is 1. The third kappa shape index (κ3) is 3.24. The van der Waals surface area contributed by atoms with Crippen molar-refractivity contribution in [3.05, 3.63) is 53.9 Å². The fourth-order valence-electron chi connectivity index (χ4n) is 4.17. The van der Waals surface area contributed by atoms with Gasteiger partial charge in [-0.15, -0.1) is 0 Å². The van der Waals surface area contributed by atoms with E-state index < -0.39 is 5.91 Å². The average molecular weight is 407 g/mol. The maximum absolute atomic E-state index is 12.3. The summed E-state index contributed by atoms with van der Waals surface area (Å²) in [4.78, 5) is 30.4. The fourth-order valence-corrected chi connectivity index (χ4v) is 4.17. The topological polar surface area (TPSA) is 106 Å². The fraction of sp³-hybridized carbons (Fsp3) is 0.318. The number of carbonyl (C=O) groups is 2. The Labute approximate surface area is 174 Å². The number of primary amides is 1. The van der Waals surface area contributed by atoms with E-state index in [2.05, 4.69) is 16.7 Å². The number of carbonyl (C=O) groups excluding carboxylic acids is 2. The molecule has 0 aliphatic carbocycles. The minimum absolute atomic E-state index is 0.0432. The molecule has 3 heterocycles. The van der Waals surface area contributed by atoms with E-state index in [4.69, 9.17) is 10.5 Å². The second-order valence-corrected chi connectivity index (χ2v) is 7.56. The molecule has 4 rings (SSSR count). The van der Waals surface area contributed by atoms with Crippen molar-refractivity contribution < 1.29 is 14.3 Å². The molecule has 30 heavy (non-hydrogen) atoms. The maximum Gasteiger partial charge on any atom is 0.254 e. The average Bonchev–Trinajstić information content (AvgIpc) is 3.33. The molecule has 3 N–H and O–H groups in total. The number of likely N-dealkylation sites (tertiary alicyclic amines) is 1. The number of rotatable bonds is 5. The summed E-state index contributed by atoms with van der Waals surface area (Å²) in [7, 11) is 1.62. The molecule has 3 aromatic rings. The molecule has 0 atom stereocenters. The number of fused-ring (bicyclic) bond motifs is 1. The smallest absolute Gasteiger partial charge is 0.254 e. The van der Waals surface area contributed by atoms with Crippen LogP contribution in [0.1, 0.15) is 40.4 Å². The molecule has 0 saturated carbocycles. The first kappa shape index (κ1) is 19.8. The highest BCUT2D eigenvalue weighted by Crippen LogP contribution is 2.34. The number of methoxy groups -OCH3 is 1. The molecular formula is C22H25N5O3. The zero-order chi connectivity index (χ0) is 21.4. The summed E-state index contributed by atoms with van der Waals surface area (Å²) in [6.07, 6.45) is 4.76. The Kier molecular flexibility index (Phi) is 5.07. The van der Waals surface area contributed by atoms with Gasteiger partial charge in [0.25, 0.3) is 5.91 Å². The van der Waals surface area contributed by atoms with Crippen LogP contribution in [-0.2, 0) is 4.79 Å². The quantitative estimate of drug-likeness (QED) is 0.634. The van der Waals surface area contributed by atoms with Crippen LogP contribution in [0.25, 0.3) is 16.9 Å². The van der Waals surface area contributed by atoms with Crippen LogP contribution >= 0.6 is 0 Å². The zero-order valence-electron chi connectivity index (χ0n) is 17.1. The minimum atomic E-state index is -0.542. The zero-order valence-corrected chi connectivity index (χ0v) is 17.1. The number of imidazole rings is 1. The van der Waals surface area contributed by atoms with Crippen molar-refractivity contribution in [3.8, 4) is 17.0 Å². The highest BCUT2D eigenvalue weighted by atomic mass is 16.5. The van der Waals surface area contributed by atoms with Crippen LogP contribution in [0, 0.1) is 6.92 Å². The Bertz CT molecular complexity index is 1140. The summed E-state index contributed by atoms with van der Waals surface area (Å²) in [5.41, 5.74) is 9.97. The summed E-state index contributed by atoms with van der Waals surface area (Å²) in [6.45, 7) is 6.84. The molecule has 1 saturated heterocycles. The van der Waals surface area contributed by atoms with Crippen LogP contribution in [0.15, 0.2) is 37.1 Å². The molecule has 8 nitrogen and oxygen atoms in total.